The molecule has 0 heterocycles. The van der Waals surface area contributed by atoms with E-state index >= 15 is 0 Å². The summed E-state index contributed by atoms with van der Waals surface area (Å²) < 4.78 is 57.7. The SMILES string of the molecule is COc1cc(NS(=O)(=O)c2cc(Cl)ccc2C)ccc1NS(C)(=O)=O. The van der Waals surface area contributed by atoms with Crippen LogP contribution in [0.2, 0.25) is 5.02 Å². The molecule has 0 amide bonds. The Morgan fingerprint density at radius 3 is 2.28 bits per heavy atom. The Kier molecular flexibility index (Phi) is 5.50. The second-order valence-electron chi connectivity index (χ2n) is 5.30. The molecular formula is C15H17ClN2O5S2. The zero-order valence-corrected chi connectivity index (χ0v) is 16.1. The van der Waals surface area contributed by atoms with E-state index < -0.39 is 20.0 Å². The van der Waals surface area contributed by atoms with E-state index in [-0.39, 0.29) is 22.0 Å². The van der Waals surface area contributed by atoms with Gasteiger partial charge in [-0.3, -0.25) is 9.44 Å². The summed E-state index contributed by atoms with van der Waals surface area (Å²) in [7, 11) is -6.01. The van der Waals surface area contributed by atoms with Crippen LogP contribution in [-0.4, -0.2) is 30.2 Å². The second kappa shape index (κ2) is 7.11. The number of benzene rings is 2. The number of halogens is 1. The molecule has 25 heavy (non-hydrogen) atoms. The lowest BCUT2D eigenvalue weighted by Crippen LogP contribution is -2.15. The van der Waals surface area contributed by atoms with Crippen molar-refractivity contribution in [3.05, 3.63) is 47.0 Å². The van der Waals surface area contributed by atoms with Gasteiger partial charge in [0.2, 0.25) is 10.0 Å². The molecule has 0 saturated carbocycles. The monoisotopic (exact) mass is 404 g/mol. The van der Waals surface area contributed by atoms with Crippen molar-refractivity contribution in [1.29, 1.82) is 0 Å². The molecule has 0 aliphatic carbocycles. The van der Waals surface area contributed by atoms with Crippen LogP contribution in [0, 0.1) is 6.92 Å². The molecule has 0 radical (unpaired) electrons. The molecule has 0 fully saturated rings. The number of rotatable bonds is 6. The second-order valence-corrected chi connectivity index (χ2v) is 9.14. The highest BCUT2D eigenvalue weighted by Crippen LogP contribution is 2.30. The predicted molar refractivity (Wildman–Crippen MR) is 98.5 cm³/mol. The van der Waals surface area contributed by atoms with Gasteiger partial charge >= 0.3 is 0 Å². The van der Waals surface area contributed by atoms with Crippen LogP contribution in [-0.2, 0) is 20.0 Å². The van der Waals surface area contributed by atoms with Crippen LogP contribution in [0.15, 0.2) is 41.3 Å². The van der Waals surface area contributed by atoms with Gasteiger partial charge in [-0.1, -0.05) is 17.7 Å². The lowest BCUT2D eigenvalue weighted by molar-refractivity contribution is 0.417. The average Bonchev–Trinajstić information content (AvgIpc) is 2.49. The summed E-state index contributed by atoms with van der Waals surface area (Å²) in [6, 6.07) is 8.78. The molecule has 136 valence electrons. The molecular weight excluding hydrogens is 388 g/mol. The Labute approximate surface area is 152 Å². The van der Waals surface area contributed by atoms with Crippen LogP contribution < -0.4 is 14.2 Å². The quantitative estimate of drug-likeness (QED) is 0.770. The Morgan fingerprint density at radius 2 is 1.68 bits per heavy atom. The van der Waals surface area contributed by atoms with Gasteiger partial charge in [0.25, 0.3) is 10.0 Å². The number of nitrogens with one attached hydrogen (secondary N) is 2. The van der Waals surface area contributed by atoms with E-state index in [0.717, 1.165) is 6.26 Å². The third-order valence-corrected chi connectivity index (χ3v) is 5.54. The molecule has 0 aliphatic heterocycles. The van der Waals surface area contributed by atoms with E-state index in [4.69, 9.17) is 16.3 Å². The number of hydrogen-bond acceptors (Lipinski definition) is 5. The minimum atomic E-state index is -3.87. The normalized spacial score (nSPS) is 11.8. The van der Waals surface area contributed by atoms with Gasteiger partial charge in [-0.05, 0) is 36.8 Å². The smallest absolute Gasteiger partial charge is 0.262 e. The van der Waals surface area contributed by atoms with Crippen LogP contribution in [0.4, 0.5) is 11.4 Å². The number of anilines is 2. The number of methoxy groups -OCH3 is 1. The first kappa shape index (κ1) is 19.4. The highest BCUT2D eigenvalue weighted by Gasteiger charge is 2.18. The largest absolute Gasteiger partial charge is 0.494 e. The summed E-state index contributed by atoms with van der Waals surface area (Å²) >= 11 is 5.88. The van der Waals surface area contributed by atoms with E-state index in [2.05, 4.69) is 9.44 Å². The molecule has 0 spiro atoms. The van der Waals surface area contributed by atoms with Crippen molar-refractivity contribution in [2.24, 2.45) is 0 Å². The Balaban J connectivity index is 2.38. The maximum Gasteiger partial charge on any atom is 0.262 e. The van der Waals surface area contributed by atoms with Gasteiger partial charge in [0.15, 0.2) is 0 Å². The fraction of sp³-hybridized carbons (Fsp3) is 0.200. The molecule has 10 heteroatoms. The topological polar surface area (TPSA) is 102 Å². The van der Waals surface area contributed by atoms with Crippen molar-refractivity contribution in [2.75, 3.05) is 22.8 Å². The molecule has 2 rings (SSSR count). The average molecular weight is 405 g/mol. The molecule has 2 aromatic rings. The van der Waals surface area contributed by atoms with Gasteiger partial charge < -0.3 is 4.74 Å². The molecule has 2 N–H and O–H groups in total. The number of sulfonamides is 2. The molecule has 0 unspecified atom stereocenters. The van der Waals surface area contributed by atoms with Crippen LogP contribution >= 0.6 is 11.6 Å². The van der Waals surface area contributed by atoms with Crippen LogP contribution in [0.25, 0.3) is 0 Å². The molecule has 0 aliphatic rings. The maximum absolute atomic E-state index is 12.6. The van der Waals surface area contributed by atoms with Gasteiger partial charge in [0, 0.05) is 11.1 Å². The molecule has 7 nitrogen and oxygen atoms in total. The van der Waals surface area contributed by atoms with E-state index in [1.807, 2.05) is 0 Å². The van der Waals surface area contributed by atoms with Gasteiger partial charge in [-0.25, -0.2) is 16.8 Å². The van der Waals surface area contributed by atoms with Gasteiger partial charge in [-0.15, -0.1) is 0 Å². The maximum atomic E-state index is 12.6. The highest BCUT2D eigenvalue weighted by atomic mass is 35.5. The fourth-order valence-electron chi connectivity index (χ4n) is 2.11. The standard InChI is InChI=1S/C15H17ClN2O5S2/c1-10-4-5-11(16)8-15(10)25(21,22)17-12-6-7-13(14(9-12)23-2)18-24(3,19)20/h4-9,17-18H,1-3H3. The van der Waals surface area contributed by atoms with Crippen LogP contribution in [0.1, 0.15) is 5.56 Å². The fourth-order valence-corrected chi connectivity index (χ4v) is 4.24. The number of ether oxygens (including phenoxy) is 1. The summed E-state index contributed by atoms with van der Waals surface area (Å²) in [6.45, 7) is 1.66. The van der Waals surface area contributed by atoms with Crippen LogP contribution in [0.5, 0.6) is 5.75 Å². The third kappa shape index (κ3) is 5.00. The molecule has 2 aromatic carbocycles. The van der Waals surface area contributed by atoms with Gasteiger partial charge in [0.1, 0.15) is 5.75 Å². The molecule has 0 saturated heterocycles. The Morgan fingerprint density at radius 1 is 1.00 bits per heavy atom. The van der Waals surface area contributed by atoms with Crippen molar-refractivity contribution >= 4 is 43.0 Å². The first-order valence-electron chi connectivity index (χ1n) is 6.96. The van der Waals surface area contributed by atoms with Crippen molar-refractivity contribution < 1.29 is 21.6 Å². The zero-order valence-electron chi connectivity index (χ0n) is 13.7. The minimum absolute atomic E-state index is 0.0531. The summed E-state index contributed by atoms with van der Waals surface area (Å²) in [4.78, 5) is 0.0531. The van der Waals surface area contributed by atoms with Gasteiger partial charge in [-0.2, -0.15) is 0 Å². The van der Waals surface area contributed by atoms with Crippen LogP contribution in [0.3, 0.4) is 0 Å². The predicted octanol–water partition coefficient (Wildman–Crippen LogP) is 2.83. The Bertz CT molecular complexity index is 1000. The van der Waals surface area contributed by atoms with E-state index in [9.17, 15) is 16.8 Å². The number of hydrogen-bond donors (Lipinski definition) is 2. The minimum Gasteiger partial charge on any atom is -0.494 e. The van der Waals surface area contributed by atoms with E-state index in [1.165, 1.54) is 31.4 Å². The first-order chi connectivity index (χ1) is 11.5. The summed E-state index contributed by atoms with van der Waals surface area (Å²) in [5.41, 5.74) is 0.960. The Hall–Kier alpha value is -1.97. The summed E-state index contributed by atoms with van der Waals surface area (Å²) in [6.07, 6.45) is 1.00. The lowest BCUT2D eigenvalue weighted by Gasteiger charge is -2.14. The number of aryl methyl sites for hydroxylation is 1. The summed E-state index contributed by atoms with van der Waals surface area (Å²) in [5, 5.41) is 0.302. The zero-order chi connectivity index (χ0) is 18.8. The third-order valence-electron chi connectivity index (χ3n) is 3.19. The first-order valence-corrected chi connectivity index (χ1v) is 10.7. The van der Waals surface area contributed by atoms with Crippen molar-refractivity contribution in [3.63, 3.8) is 0 Å². The van der Waals surface area contributed by atoms with Crippen molar-refractivity contribution in [1.82, 2.24) is 0 Å². The summed E-state index contributed by atoms with van der Waals surface area (Å²) in [5.74, 6) is 0.174. The molecule has 0 bridgehead atoms. The van der Waals surface area contributed by atoms with Crippen molar-refractivity contribution in [3.8, 4) is 5.75 Å². The van der Waals surface area contributed by atoms with Crippen molar-refractivity contribution in [2.45, 2.75) is 11.8 Å². The molecule has 0 aromatic heterocycles. The lowest BCUT2D eigenvalue weighted by atomic mass is 10.2. The van der Waals surface area contributed by atoms with Gasteiger partial charge in [0.05, 0.1) is 29.6 Å². The highest BCUT2D eigenvalue weighted by molar-refractivity contribution is 7.92. The molecule has 0 atom stereocenters. The van der Waals surface area contributed by atoms with E-state index in [0.29, 0.717) is 10.6 Å². The van der Waals surface area contributed by atoms with E-state index in [1.54, 1.807) is 19.1 Å².